The summed E-state index contributed by atoms with van der Waals surface area (Å²) in [4.78, 5) is 10.8. The molecule has 21 heavy (non-hydrogen) atoms. The van der Waals surface area contributed by atoms with Gasteiger partial charge in [0.25, 0.3) is 0 Å². The van der Waals surface area contributed by atoms with Crippen LogP contribution in [0.5, 0.6) is 0 Å². The Balaban J connectivity index is 1.68. The zero-order valence-corrected chi connectivity index (χ0v) is 11.4. The second-order valence-corrected chi connectivity index (χ2v) is 5.23. The molecule has 6 heteroatoms. The van der Waals surface area contributed by atoms with Crippen LogP contribution in [0.2, 0.25) is 0 Å². The normalized spacial score (nSPS) is 18.5. The first-order valence-corrected chi connectivity index (χ1v) is 6.95. The summed E-state index contributed by atoms with van der Waals surface area (Å²) in [7, 11) is 0. The maximum atomic E-state index is 13.3. The van der Waals surface area contributed by atoms with E-state index in [0.29, 0.717) is 11.6 Å². The molecule has 0 spiro atoms. The Morgan fingerprint density at radius 1 is 1.24 bits per heavy atom. The minimum absolute atomic E-state index is 0.275. The van der Waals surface area contributed by atoms with Crippen molar-refractivity contribution in [3.63, 3.8) is 0 Å². The molecule has 0 amide bonds. The van der Waals surface area contributed by atoms with E-state index in [2.05, 4.69) is 20.0 Å². The first-order valence-electron chi connectivity index (χ1n) is 6.95. The van der Waals surface area contributed by atoms with Crippen LogP contribution in [-0.2, 0) is 0 Å². The van der Waals surface area contributed by atoms with E-state index in [1.807, 2.05) is 16.9 Å². The van der Waals surface area contributed by atoms with Crippen LogP contribution in [0.4, 0.5) is 10.2 Å². The maximum absolute atomic E-state index is 13.3. The van der Waals surface area contributed by atoms with E-state index in [0.717, 1.165) is 30.7 Å². The van der Waals surface area contributed by atoms with E-state index < -0.39 is 0 Å². The van der Waals surface area contributed by atoms with Crippen molar-refractivity contribution in [3.05, 3.63) is 48.8 Å². The Hall–Kier alpha value is -2.50. The highest BCUT2D eigenvalue weighted by Crippen LogP contribution is 2.29. The number of anilines is 1. The summed E-state index contributed by atoms with van der Waals surface area (Å²) in [5, 5.41) is 5.20. The van der Waals surface area contributed by atoms with Crippen LogP contribution in [0.1, 0.15) is 12.5 Å². The lowest BCUT2D eigenvalue weighted by Crippen LogP contribution is -2.22. The lowest BCUT2D eigenvalue weighted by molar-refractivity contribution is 0.494. The number of benzene rings is 1. The molecule has 0 bridgehead atoms. The Morgan fingerprint density at radius 3 is 3.05 bits per heavy atom. The van der Waals surface area contributed by atoms with E-state index in [1.54, 1.807) is 12.3 Å². The second kappa shape index (κ2) is 4.80. The van der Waals surface area contributed by atoms with Crippen molar-refractivity contribution >= 4 is 16.7 Å². The first-order chi connectivity index (χ1) is 10.3. The fraction of sp³-hybridized carbons (Fsp3) is 0.267. The molecule has 1 aliphatic heterocycles. The highest BCUT2D eigenvalue weighted by molar-refractivity contribution is 5.89. The predicted octanol–water partition coefficient (Wildman–Crippen LogP) is 2.42. The van der Waals surface area contributed by atoms with Crippen molar-refractivity contribution in [2.24, 2.45) is 0 Å². The monoisotopic (exact) mass is 283 g/mol. The largest absolute Gasteiger partial charge is 0.354 e. The van der Waals surface area contributed by atoms with Gasteiger partial charge in [-0.05, 0) is 24.6 Å². The van der Waals surface area contributed by atoms with Crippen molar-refractivity contribution in [1.29, 1.82) is 0 Å². The second-order valence-electron chi connectivity index (χ2n) is 5.23. The third-order valence-corrected chi connectivity index (χ3v) is 3.94. The molecule has 4 rings (SSSR count). The molecule has 1 atom stereocenters. The average molecular weight is 283 g/mol. The summed E-state index contributed by atoms with van der Waals surface area (Å²) < 4.78 is 15.3. The van der Waals surface area contributed by atoms with Crippen LogP contribution >= 0.6 is 0 Å². The summed E-state index contributed by atoms with van der Waals surface area (Å²) >= 11 is 0. The van der Waals surface area contributed by atoms with Crippen LogP contribution in [-0.4, -0.2) is 32.8 Å². The third-order valence-electron chi connectivity index (χ3n) is 3.94. The molecule has 3 aromatic rings. The van der Waals surface area contributed by atoms with Crippen LogP contribution in [0.3, 0.4) is 0 Å². The van der Waals surface area contributed by atoms with E-state index in [1.165, 1.54) is 18.5 Å². The van der Waals surface area contributed by atoms with E-state index in [4.69, 9.17) is 0 Å². The molecule has 0 N–H and O–H groups in total. The zero-order valence-electron chi connectivity index (χ0n) is 11.4. The van der Waals surface area contributed by atoms with Crippen LogP contribution in [0, 0.1) is 5.82 Å². The Kier molecular flexibility index (Phi) is 2.80. The van der Waals surface area contributed by atoms with Gasteiger partial charge in [-0.25, -0.2) is 14.4 Å². The van der Waals surface area contributed by atoms with Gasteiger partial charge >= 0.3 is 0 Å². The van der Waals surface area contributed by atoms with Crippen LogP contribution in [0.25, 0.3) is 10.9 Å². The summed E-state index contributed by atoms with van der Waals surface area (Å²) in [6, 6.07) is 6.94. The molecule has 0 radical (unpaired) electrons. The molecule has 0 saturated carbocycles. The lowest BCUT2D eigenvalue weighted by atomic mass is 10.2. The first kappa shape index (κ1) is 12.3. The van der Waals surface area contributed by atoms with Gasteiger partial charge in [-0.2, -0.15) is 5.10 Å². The van der Waals surface area contributed by atoms with Crippen molar-refractivity contribution < 1.29 is 4.39 Å². The van der Waals surface area contributed by atoms with Gasteiger partial charge in [0.15, 0.2) is 0 Å². The average Bonchev–Trinajstić information content (AvgIpc) is 3.17. The quantitative estimate of drug-likeness (QED) is 0.724. The Labute approximate surface area is 121 Å². The number of halogens is 1. The number of hydrogen-bond acceptors (Lipinski definition) is 4. The fourth-order valence-corrected chi connectivity index (χ4v) is 2.91. The smallest absolute Gasteiger partial charge is 0.139 e. The molecular formula is C15H14FN5. The molecule has 0 aliphatic carbocycles. The van der Waals surface area contributed by atoms with Gasteiger partial charge < -0.3 is 4.90 Å². The molecule has 5 nitrogen and oxygen atoms in total. The molecular weight excluding hydrogens is 269 g/mol. The molecule has 1 fully saturated rings. The minimum atomic E-state index is -0.275. The molecule has 1 aliphatic rings. The van der Waals surface area contributed by atoms with Gasteiger partial charge in [0.2, 0.25) is 0 Å². The predicted molar refractivity (Wildman–Crippen MR) is 77.6 cm³/mol. The van der Waals surface area contributed by atoms with Crippen molar-refractivity contribution in [2.45, 2.75) is 12.5 Å². The van der Waals surface area contributed by atoms with Crippen LogP contribution in [0.15, 0.2) is 43.0 Å². The van der Waals surface area contributed by atoms with Gasteiger partial charge in [0.05, 0.1) is 11.6 Å². The van der Waals surface area contributed by atoms with E-state index in [9.17, 15) is 4.39 Å². The van der Waals surface area contributed by atoms with Crippen molar-refractivity contribution in [3.8, 4) is 0 Å². The number of aromatic nitrogens is 4. The molecule has 1 saturated heterocycles. The highest BCUT2D eigenvalue weighted by atomic mass is 19.1. The number of fused-ring (bicyclic) bond motifs is 1. The molecule has 1 unspecified atom stereocenters. The summed E-state index contributed by atoms with van der Waals surface area (Å²) in [6.45, 7) is 1.76. The maximum Gasteiger partial charge on any atom is 0.139 e. The van der Waals surface area contributed by atoms with E-state index in [-0.39, 0.29) is 5.82 Å². The number of hydrogen-bond donors (Lipinski definition) is 0. The topological polar surface area (TPSA) is 46.8 Å². The number of nitrogens with zero attached hydrogens (tertiary/aromatic N) is 5. The molecule has 2 aromatic heterocycles. The van der Waals surface area contributed by atoms with Crippen LogP contribution < -0.4 is 4.90 Å². The lowest BCUT2D eigenvalue weighted by Gasteiger charge is -2.19. The Bertz CT molecular complexity index is 771. The highest BCUT2D eigenvalue weighted by Gasteiger charge is 2.26. The summed E-state index contributed by atoms with van der Waals surface area (Å²) in [5.41, 5.74) is 0.641. The summed E-state index contributed by atoms with van der Waals surface area (Å²) in [6.07, 6.45) is 6.31. The standard InChI is InChI=1S/C15H14FN5/c16-11-2-3-13-14(8-11)17-10-18-15(13)20-7-4-12(9-20)21-6-1-5-19-21/h1-3,5-6,8,10,12H,4,7,9H2. The van der Waals surface area contributed by atoms with Gasteiger partial charge in [-0.15, -0.1) is 0 Å². The SMILES string of the molecule is Fc1ccc2c(N3CCC(n4cccn4)C3)ncnc2c1. The van der Waals surface area contributed by atoms with Gasteiger partial charge in [-0.3, -0.25) is 4.68 Å². The Morgan fingerprint density at radius 2 is 2.19 bits per heavy atom. The van der Waals surface area contributed by atoms with Gasteiger partial charge in [0, 0.05) is 36.9 Å². The van der Waals surface area contributed by atoms with E-state index >= 15 is 0 Å². The molecule has 106 valence electrons. The zero-order chi connectivity index (χ0) is 14.2. The number of rotatable bonds is 2. The van der Waals surface area contributed by atoms with Crippen molar-refractivity contribution in [1.82, 2.24) is 19.7 Å². The van der Waals surface area contributed by atoms with Crippen molar-refractivity contribution in [2.75, 3.05) is 18.0 Å². The van der Waals surface area contributed by atoms with Gasteiger partial charge in [0.1, 0.15) is 18.0 Å². The molecule has 3 heterocycles. The van der Waals surface area contributed by atoms with Gasteiger partial charge in [-0.1, -0.05) is 0 Å². The third kappa shape index (κ3) is 2.12. The fourth-order valence-electron chi connectivity index (χ4n) is 2.91. The minimum Gasteiger partial charge on any atom is -0.354 e. The molecule has 1 aromatic carbocycles. The summed E-state index contributed by atoms with van der Waals surface area (Å²) in [5.74, 6) is 0.595.